The lowest BCUT2D eigenvalue weighted by molar-refractivity contribution is -0.0788. The Kier molecular flexibility index (Phi) is 5.42. The Morgan fingerprint density at radius 2 is 2.00 bits per heavy atom. The van der Waals surface area contributed by atoms with Crippen molar-refractivity contribution in [3.8, 4) is 0 Å². The van der Waals surface area contributed by atoms with Crippen molar-refractivity contribution in [2.45, 2.75) is 64.0 Å². The maximum absolute atomic E-state index is 10.6. The first kappa shape index (κ1) is 17.0. The Balaban J connectivity index is 1.55. The minimum atomic E-state index is -0.342. The molecule has 1 aliphatic heterocycles. The van der Waals surface area contributed by atoms with Crippen molar-refractivity contribution in [3.05, 3.63) is 24.2 Å². The number of hydrogen-bond acceptors (Lipinski definition) is 5. The molecule has 0 bridgehead atoms. The summed E-state index contributed by atoms with van der Waals surface area (Å²) in [5.74, 6) is 0.984. The minimum Gasteiger partial charge on any atom is -0.468 e. The molecule has 5 nitrogen and oxygen atoms in total. The van der Waals surface area contributed by atoms with Crippen molar-refractivity contribution in [1.82, 2.24) is 9.80 Å². The Labute approximate surface area is 139 Å². The summed E-state index contributed by atoms with van der Waals surface area (Å²) >= 11 is 0. The summed E-state index contributed by atoms with van der Waals surface area (Å²) in [6.45, 7) is 9.59. The van der Waals surface area contributed by atoms with Crippen LogP contribution in [0, 0.1) is 0 Å². The number of aliphatic hydroxyl groups is 1. The third kappa shape index (κ3) is 4.57. The molecule has 0 spiro atoms. The second-order valence-electron chi connectivity index (χ2n) is 7.25. The molecule has 23 heavy (non-hydrogen) atoms. The zero-order valence-electron chi connectivity index (χ0n) is 14.5. The van der Waals surface area contributed by atoms with Crippen LogP contribution < -0.4 is 0 Å². The van der Waals surface area contributed by atoms with E-state index in [1.54, 1.807) is 6.26 Å². The Bertz CT molecular complexity index is 465. The van der Waals surface area contributed by atoms with Crippen LogP contribution in [0.2, 0.25) is 0 Å². The van der Waals surface area contributed by atoms with E-state index in [1.807, 2.05) is 12.1 Å². The van der Waals surface area contributed by atoms with Crippen LogP contribution in [-0.4, -0.2) is 65.4 Å². The molecule has 1 aromatic rings. The smallest absolute Gasteiger partial charge is 0.120 e. The van der Waals surface area contributed by atoms with Gasteiger partial charge in [0.25, 0.3) is 0 Å². The lowest BCUT2D eigenvalue weighted by Crippen LogP contribution is -2.50. The van der Waals surface area contributed by atoms with Crippen LogP contribution in [0.3, 0.4) is 0 Å². The van der Waals surface area contributed by atoms with Gasteiger partial charge in [-0.05, 0) is 45.7 Å². The third-order valence-corrected chi connectivity index (χ3v) is 4.85. The van der Waals surface area contributed by atoms with Gasteiger partial charge >= 0.3 is 0 Å². The topological polar surface area (TPSA) is 49.1 Å². The van der Waals surface area contributed by atoms with E-state index in [0.717, 1.165) is 18.8 Å². The molecule has 4 unspecified atom stereocenters. The summed E-state index contributed by atoms with van der Waals surface area (Å²) < 4.78 is 11.3. The summed E-state index contributed by atoms with van der Waals surface area (Å²) in [6, 6.07) is 4.77. The Morgan fingerprint density at radius 1 is 1.30 bits per heavy atom. The monoisotopic (exact) mass is 322 g/mol. The second-order valence-corrected chi connectivity index (χ2v) is 7.25. The average Bonchev–Trinajstić information content (AvgIpc) is 3.16. The van der Waals surface area contributed by atoms with Gasteiger partial charge in [-0.2, -0.15) is 0 Å². The van der Waals surface area contributed by atoms with Gasteiger partial charge in [0.1, 0.15) is 5.76 Å². The van der Waals surface area contributed by atoms with Crippen molar-refractivity contribution in [2.75, 3.05) is 26.2 Å². The summed E-state index contributed by atoms with van der Waals surface area (Å²) in [6.07, 6.45) is 4.32. The molecule has 1 N–H and O–H groups in total. The zero-order valence-corrected chi connectivity index (χ0v) is 14.5. The Morgan fingerprint density at radius 3 is 2.57 bits per heavy atom. The van der Waals surface area contributed by atoms with Crippen LogP contribution >= 0.6 is 0 Å². The molecule has 130 valence electrons. The Hall–Kier alpha value is -0.880. The fourth-order valence-corrected chi connectivity index (χ4v) is 3.75. The van der Waals surface area contributed by atoms with E-state index >= 15 is 0 Å². The van der Waals surface area contributed by atoms with Crippen LogP contribution in [0.25, 0.3) is 0 Å². The number of morpholine rings is 1. The van der Waals surface area contributed by atoms with E-state index in [1.165, 1.54) is 12.8 Å². The molecule has 1 aromatic heterocycles. The number of furan rings is 1. The van der Waals surface area contributed by atoms with Gasteiger partial charge in [0.05, 0.1) is 30.6 Å². The maximum Gasteiger partial charge on any atom is 0.120 e. The van der Waals surface area contributed by atoms with Gasteiger partial charge in [0.15, 0.2) is 0 Å². The van der Waals surface area contributed by atoms with Gasteiger partial charge in [-0.25, -0.2) is 0 Å². The van der Waals surface area contributed by atoms with Gasteiger partial charge in [0, 0.05) is 32.2 Å². The number of rotatable bonds is 7. The molecule has 0 aromatic carbocycles. The van der Waals surface area contributed by atoms with Crippen molar-refractivity contribution < 1.29 is 14.3 Å². The standard InChI is InChI=1S/C18H30N2O3/c1-13-9-19(10-14(2)23-13)11-17(21)12-20(16-6-7-16)15(3)18-5-4-8-22-18/h4-5,8,13-17,21H,6-7,9-12H2,1-3H3. The molecule has 4 atom stereocenters. The first-order chi connectivity index (χ1) is 11.0. The second kappa shape index (κ2) is 7.34. The van der Waals surface area contributed by atoms with Crippen molar-refractivity contribution >= 4 is 0 Å². The summed E-state index contributed by atoms with van der Waals surface area (Å²) in [5, 5.41) is 10.6. The number of β-amino-alcohol motifs (C(OH)–C–C–N with tert-alkyl or cyclic N) is 1. The number of nitrogens with zero attached hydrogens (tertiary/aromatic N) is 2. The number of aliphatic hydroxyl groups excluding tert-OH is 1. The van der Waals surface area contributed by atoms with E-state index in [-0.39, 0.29) is 24.4 Å². The highest BCUT2D eigenvalue weighted by Crippen LogP contribution is 2.34. The third-order valence-electron chi connectivity index (χ3n) is 4.85. The van der Waals surface area contributed by atoms with Crippen molar-refractivity contribution in [3.63, 3.8) is 0 Å². The van der Waals surface area contributed by atoms with Gasteiger partial charge < -0.3 is 14.3 Å². The van der Waals surface area contributed by atoms with Gasteiger partial charge in [0.2, 0.25) is 0 Å². The predicted molar refractivity (Wildman–Crippen MR) is 89.3 cm³/mol. The number of hydrogen-bond donors (Lipinski definition) is 1. The molecular weight excluding hydrogens is 292 g/mol. The van der Waals surface area contributed by atoms with Crippen LogP contribution in [0.4, 0.5) is 0 Å². The van der Waals surface area contributed by atoms with Crippen molar-refractivity contribution in [2.24, 2.45) is 0 Å². The van der Waals surface area contributed by atoms with Crippen molar-refractivity contribution in [1.29, 1.82) is 0 Å². The van der Waals surface area contributed by atoms with E-state index in [4.69, 9.17) is 9.15 Å². The largest absolute Gasteiger partial charge is 0.468 e. The molecule has 2 aliphatic rings. The highest BCUT2D eigenvalue weighted by molar-refractivity contribution is 5.05. The summed E-state index contributed by atoms with van der Waals surface area (Å²) in [7, 11) is 0. The first-order valence-electron chi connectivity index (χ1n) is 8.88. The fraction of sp³-hybridized carbons (Fsp3) is 0.778. The normalized spacial score (nSPS) is 28.9. The molecule has 5 heteroatoms. The SMILES string of the molecule is CC1CN(CC(O)CN(C2CC2)C(C)c2ccco2)CC(C)O1. The highest BCUT2D eigenvalue weighted by atomic mass is 16.5. The molecule has 0 amide bonds. The van der Waals surface area contributed by atoms with Gasteiger partial charge in [-0.1, -0.05) is 0 Å². The fourth-order valence-electron chi connectivity index (χ4n) is 3.75. The zero-order chi connectivity index (χ0) is 16.4. The summed E-state index contributed by atoms with van der Waals surface area (Å²) in [4.78, 5) is 4.73. The molecule has 1 aliphatic carbocycles. The summed E-state index contributed by atoms with van der Waals surface area (Å²) in [5.41, 5.74) is 0. The number of ether oxygens (including phenoxy) is 1. The van der Waals surface area contributed by atoms with E-state index in [9.17, 15) is 5.11 Å². The van der Waals surface area contributed by atoms with Gasteiger partial charge in [-0.3, -0.25) is 9.80 Å². The molecule has 2 fully saturated rings. The lowest BCUT2D eigenvalue weighted by Gasteiger charge is -2.37. The molecule has 1 saturated carbocycles. The van der Waals surface area contributed by atoms with E-state index in [2.05, 4.69) is 30.6 Å². The first-order valence-corrected chi connectivity index (χ1v) is 8.88. The molecule has 2 heterocycles. The molecule has 1 saturated heterocycles. The highest BCUT2D eigenvalue weighted by Gasteiger charge is 2.35. The van der Waals surface area contributed by atoms with E-state index in [0.29, 0.717) is 19.1 Å². The molecule has 0 radical (unpaired) electrons. The average molecular weight is 322 g/mol. The van der Waals surface area contributed by atoms with Gasteiger partial charge in [-0.15, -0.1) is 0 Å². The minimum absolute atomic E-state index is 0.217. The van der Waals surface area contributed by atoms with E-state index < -0.39 is 0 Å². The predicted octanol–water partition coefficient (Wildman–Crippen LogP) is 2.28. The van der Waals surface area contributed by atoms with Crippen LogP contribution in [0.5, 0.6) is 0 Å². The molecule has 3 rings (SSSR count). The van der Waals surface area contributed by atoms with Crippen LogP contribution in [-0.2, 0) is 4.74 Å². The van der Waals surface area contributed by atoms with Crippen LogP contribution in [0.15, 0.2) is 22.8 Å². The molecular formula is C18H30N2O3. The quantitative estimate of drug-likeness (QED) is 0.834. The lowest BCUT2D eigenvalue weighted by atomic mass is 10.1. The van der Waals surface area contributed by atoms with Crippen LogP contribution in [0.1, 0.15) is 45.4 Å². The maximum atomic E-state index is 10.6.